The van der Waals surface area contributed by atoms with Gasteiger partial charge in [0.1, 0.15) is 0 Å². The average Bonchev–Trinajstić information content (AvgIpc) is 2.05. The topological polar surface area (TPSA) is 35.4 Å². The maximum absolute atomic E-state index is 5.17. The van der Waals surface area contributed by atoms with E-state index in [0.29, 0.717) is 6.04 Å². The third kappa shape index (κ3) is 1.94. The molecule has 1 rings (SSSR count). The zero-order valence-electron chi connectivity index (χ0n) is 6.63. The Morgan fingerprint density at radius 3 is 3.00 bits per heavy atom. The summed E-state index contributed by atoms with van der Waals surface area (Å²) in [5, 5.41) is 7.64. The van der Waals surface area contributed by atoms with Gasteiger partial charge in [-0.2, -0.15) is 0 Å². The summed E-state index contributed by atoms with van der Waals surface area (Å²) in [6.07, 6.45) is 0.282. The highest BCUT2D eigenvalue weighted by Gasteiger charge is 2.18. The first-order valence-electron chi connectivity index (χ1n) is 3.74. The van der Waals surface area contributed by atoms with Crippen LogP contribution in [0.25, 0.3) is 0 Å². The molecule has 1 saturated heterocycles. The molecule has 1 fully saturated rings. The lowest BCUT2D eigenvalue weighted by molar-refractivity contribution is 0.0774. The molecule has 0 aromatic rings. The molecule has 3 heteroatoms. The Balaban J connectivity index is 2.24. The molecule has 0 bridgehead atoms. The molecule has 0 aromatic carbocycles. The van der Waals surface area contributed by atoms with E-state index in [1.54, 1.807) is 7.11 Å². The third-order valence-electron chi connectivity index (χ3n) is 1.94. The molecule has 1 aliphatic rings. The Bertz CT molecular complexity index is 91.6. The Kier molecular flexibility index (Phi) is 3.12. The summed E-state index contributed by atoms with van der Waals surface area (Å²) in [6.45, 7) is 4.92. The van der Waals surface area contributed by atoms with Gasteiger partial charge in [0.05, 0.1) is 6.10 Å². The largest absolute Gasteiger partial charge is 0.380 e. The number of nitrogens with zero attached hydrogens (tertiary/aromatic N) is 1. The van der Waals surface area contributed by atoms with Crippen molar-refractivity contribution in [3.8, 4) is 0 Å². The fraction of sp³-hybridized carbons (Fsp3) is 1.00. The lowest BCUT2D eigenvalue weighted by Crippen LogP contribution is -2.51. The second-order valence-electron chi connectivity index (χ2n) is 2.63. The molecule has 10 heavy (non-hydrogen) atoms. The number of piperazine rings is 1. The fourth-order valence-corrected chi connectivity index (χ4v) is 1.10. The molecule has 59 valence electrons. The molecule has 1 radical (unpaired) electrons. The second-order valence-corrected chi connectivity index (χ2v) is 2.63. The predicted molar refractivity (Wildman–Crippen MR) is 40.1 cm³/mol. The van der Waals surface area contributed by atoms with Crippen LogP contribution < -0.4 is 10.6 Å². The van der Waals surface area contributed by atoms with Crippen LogP contribution in [0.4, 0.5) is 0 Å². The van der Waals surface area contributed by atoms with Crippen LogP contribution in [0.2, 0.25) is 0 Å². The summed E-state index contributed by atoms with van der Waals surface area (Å²) in [4.78, 5) is 0. The van der Waals surface area contributed by atoms with Crippen molar-refractivity contribution in [2.24, 2.45) is 0 Å². The molecule has 1 heterocycles. The van der Waals surface area contributed by atoms with Gasteiger partial charge in [-0.1, -0.05) is 0 Å². The van der Waals surface area contributed by atoms with Gasteiger partial charge in [-0.25, -0.2) is 5.32 Å². The van der Waals surface area contributed by atoms with Crippen molar-refractivity contribution in [1.82, 2.24) is 10.6 Å². The minimum absolute atomic E-state index is 0.282. The van der Waals surface area contributed by atoms with E-state index in [1.807, 2.05) is 0 Å². The van der Waals surface area contributed by atoms with Gasteiger partial charge in [-0.05, 0) is 6.92 Å². The summed E-state index contributed by atoms with van der Waals surface area (Å²) in [5.41, 5.74) is 0. The maximum Gasteiger partial charge on any atom is 0.0709 e. The van der Waals surface area contributed by atoms with Gasteiger partial charge < -0.3 is 10.1 Å². The van der Waals surface area contributed by atoms with Gasteiger partial charge >= 0.3 is 0 Å². The van der Waals surface area contributed by atoms with E-state index in [9.17, 15) is 0 Å². The Morgan fingerprint density at radius 1 is 1.70 bits per heavy atom. The molecule has 0 aliphatic carbocycles. The lowest BCUT2D eigenvalue weighted by atomic mass is 10.1. The Labute approximate surface area is 62.1 Å². The Hall–Kier alpha value is -0.120. The highest BCUT2D eigenvalue weighted by Crippen LogP contribution is 1.98. The Morgan fingerprint density at radius 2 is 2.50 bits per heavy atom. The number of nitrogens with one attached hydrogen (secondary N) is 1. The van der Waals surface area contributed by atoms with E-state index in [-0.39, 0.29) is 6.10 Å². The molecule has 0 saturated carbocycles. The van der Waals surface area contributed by atoms with Crippen LogP contribution in [0.15, 0.2) is 0 Å². The molecule has 2 unspecified atom stereocenters. The van der Waals surface area contributed by atoms with Crippen molar-refractivity contribution in [3.63, 3.8) is 0 Å². The first kappa shape index (κ1) is 7.98. The first-order chi connectivity index (χ1) is 4.84. The summed E-state index contributed by atoms with van der Waals surface area (Å²) >= 11 is 0. The van der Waals surface area contributed by atoms with E-state index >= 15 is 0 Å². The number of methoxy groups -OCH3 is 1. The van der Waals surface area contributed by atoms with Crippen molar-refractivity contribution in [1.29, 1.82) is 0 Å². The van der Waals surface area contributed by atoms with E-state index in [1.165, 1.54) is 0 Å². The zero-order valence-corrected chi connectivity index (χ0v) is 6.63. The summed E-state index contributed by atoms with van der Waals surface area (Å²) in [6, 6.07) is 0.429. The van der Waals surface area contributed by atoms with E-state index in [2.05, 4.69) is 17.6 Å². The SMILES string of the molecule is COC(C)C1C[N]CCN1. The minimum Gasteiger partial charge on any atom is -0.380 e. The normalized spacial score (nSPS) is 30.0. The van der Waals surface area contributed by atoms with Crippen molar-refractivity contribution < 1.29 is 4.74 Å². The van der Waals surface area contributed by atoms with E-state index < -0.39 is 0 Å². The lowest BCUT2D eigenvalue weighted by Gasteiger charge is -2.27. The van der Waals surface area contributed by atoms with Crippen LogP contribution in [0.5, 0.6) is 0 Å². The van der Waals surface area contributed by atoms with Gasteiger partial charge in [0.15, 0.2) is 0 Å². The van der Waals surface area contributed by atoms with Crippen LogP contribution in [0.3, 0.4) is 0 Å². The van der Waals surface area contributed by atoms with E-state index in [0.717, 1.165) is 19.6 Å². The van der Waals surface area contributed by atoms with Gasteiger partial charge in [-0.15, -0.1) is 0 Å². The van der Waals surface area contributed by atoms with Crippen LogP contribution in [0.1, 0.15) is 6.92 Å². The average molecular weight is 143 g/mol. The van der Waals surface area contributed by atoms with Gasteiger partial charge in [0.25, 0.3) is 0 Å². The molecule has 1 N–H and O–H groups in total. The van der Waals surface area contributed by atoms with Crippen molar-refractivity contribution in [2.75, 3.05) is 26.7 Å². The maximum atomic E-state index is 5.17. The highest BCUT2D eigenvalue weighted by atomic mass is 16.5. The van der Waals surface area contributed by atoms with Crippen molar-refractivity contribution >= 4 is 0 Å². The monoisotopic (exact) mass is 143 g/mol. The van der Waals surface area contributed by atoms with Gasteiger partial charge in [-0.3, -0.25) is 0 Å². The molecule has 0 aromatic heterocycles. The minimum atomic E-state index is 0.282. The van der Waals surface area contributed by atoms with Crippen LogP contribution in [-0.2, 0) is 4.74 Å². The first-order valence-corrected chi connectivity index (χ1v) is 3.74. The molecule has 2 atom stereocenters. The molecule has 0 spiro atoms. The third-order valence-corrected chi connectivity index (χ3v) is 1.94. The van der Waals surface area contributed by atoms with Gasteiger partial charge in [0.2, 0.25) is 0 Å². The smallest absolute Gasteiger partial charge is 0.0709 e. The molecule has 1 aliphatic heterocycles. The fourth-order valence-electron chi connectivity index (χ4n) is 1.10. The van der Waals surface area contributed by atoms with Gasteiger partial charge in [0, 0.05) is 32.8 Å². The zero-order chi connectivity index (χ0) is 7.40. The second kappa shape index (κ2) is 3.91. The summed E-state index contributed by atoms with van der Waals surface area (Å²) in [5.74, 6) is 0. The van der Waals surface area contributed by atoms with E-state index in [4.69, 9.17) is 4.74 Å². The van der Waals surface area contributed by atoms with Crippen LogP contribution >= 0.6 is 0 Å². The van der Waals surface area contributed by atoms with Crippen molar-refractivity contribution in [3.05, 3.63) is 0 Å². The number of ether oxygens (including phenoxy) is 1. The molecule has 3 nitrogen and oxygen atoms in total. The standard InChI is InChI=1S/C7H15N2O/c1-6(10-2)7-5-8-3-4-9-7/h6-7,9H,3-5H2,1-2H3. The predicted octanol–water partition coefficient (Wildman–Crippen LogP) is -0.402. The molecule has 0 amide bonds. The van der Waals surface area contributed by atoms with Crippen LogP contribution in [-0.4, -0.2) is 38.9 Å². The highest BCUT2D eigenvalue weighted by molar-refractivity contribution is 4.79. The molecular formula is C7H15N2O. The van der Waals surface area contributed by atoms with Crippen LogP contribution in [0, 0.1) is 0 Å². The number of rotatable bonds is 2. The quantitative estimate of drug-likeness (QED) is 0.570. The summed E-state index contributed by atoms with van der Waals surface area (Å²) in [7, 11) is 1.74. The molecular weight excluding hydrogens is 128 g/mol. The summed E-state index contributed by atoms with van der Waals surface area (Å²) < 4.78 is 5.17. The number of hydrogen-bond acceptors (Lipinski definition) is 2. The van der Waals surface area contributed by atoms with Crippen molar-refractivity contribution in [2.45, 2.75) is 19.1 Å². The number of hydrogen-bond donors (Lipinski definition) is 1.